The number of nitrogens with zero attached hydrogens (tertiary/aromatic N) is 1. The minimum absolute atomic E-state index is 0.0879. The summed E-state index contributed by atoms with van der Waals surface area (Å²) in [6, 6.07) is 17.0. The zero-order valence-corrected chi connectivity index (χ0v) is 19.2. The zero-order valence-electron chi connectivity index (χ0n) is 19.2. The number of rotatable bonds is 6. The first kappa shape index (κ1) is 24.1. The molecule has 2 aromatic carbocycles. The molecule has 0 aliphatic carbocycles. The predicted octanol–water partition coefficient (Wildman–Crippen LogP) is 3.61. The van der Waals surface area contributed by atoms with E-state index in [4.69, 9.17) is 9.47 Å². The summed E-state index contributed by atoms with van der Waals surface area (Å²) in [6.45, 7) is 5.96. The van der Waals surface area contributed by atoms with Gasteiger partial charge in [-0.15, -0.1) is 0 Å². The van der Waals surface area contributed by atoms with Crippen molar-refractivity contribution in [3.05, 3.63) is 71.8 Å². The maximum absolute atomic E-state index is 12.9. The molecule has 3 amide bonds. The lowest BCUT2D eigenvalue weighted by molar-refractivity contribution is -0.149. The number of carbonyl (C=O) groups excluding carboxylic acids is 3. The fraction of sp³-hybridized carbons (Fsp3) is 0.400. The molecule has 2 atom stereocenters. The number of likely N-dealkylation sites (tertiary alicyclic amines) is 1. The van der Waals surface area contributed by atoms with E-state index < -0.39 is 29.7 Å². The van der Waals surface area contributed by atoms with Gasteiger partial charge in [0.1, 0.15) is 19.3 Å². The lowest BCUT2D eigenvalue weighted by Gasteiger charge is -2.23. The van der Waals surface area contributed by atoms with Crippen LogP contribution in [0, 0.1) is 0 Å². The van der Waals surface area contributed by atoms with Crippen molar-refractivity contribution in [2.24, 2.45) is 0 Å². The SMILES string of the molecule is CC(C)(C)NC(=O)N[C@H]1C[C@@H](C(=O)OCc2ccccc2)N(C(=O)OCc2ccccc2)C1. The molecule has 33 heavy (non-hydrogen) atoms. The van der Waals surface area contributed by atoms with Gasteiger partial charge in [-0.05, 0) is 31.9 Å². The highest BCUT2D eigenvalue weighted by molar-refractivity contribution is 5.83. The molecule has 1 aliphatic heterocycles. The molecule has 0 aromatic heterocycles. The van der Waals surface area contributed by atoms with Crippen molar-refractivity contribution in [1.29, 1.82) is 0 Å². The van der Waals surface area contributed by atoms with E-state index in [2.05, 4.69) is 10.6 Å². The average molecular weight is 454 g/mol. The topological polar surface area (TPSA) is 97.0 Å². The highest BCUT2D eigenvalue weighted by atomic mass is 16.6. The molecule has 8 heteroatoms. The molecule has 3 rings (SSSR count). The van der Waals surface area contributed by atoms with Crippen LogP contribution in [0.25, 0.3) is 0 Å². The molecule has 0 spiro atoms. The van der Waals surface area contributed by atoms with Gasteiger partial charge < -0.3 is 20.1 Å². The lowest BCUT2D eigenvalue weighted by Crippen LogP contribution is -2.50. The fourth-order valence-electron chi connectivity index (χ4n) is 3.55. The number of benzene rings is 2. The maximum Gasteiger partial charge on any atom is 0.410 e. The largest absolute Gasteiger partial charge is 0.459 e. The molecule has 1 aliphatic rings. The molecule has 0 unspecified atom stereocenters. The molecule has 1 fully saturated rings. The van der Waals surface area contributed by atoms with Crippen LogP contribution in [-0.4, -0.2) is 47.2 Å². The van der Waals surface area contributed by atoms with Gasteiger partial charge in [0.2, 0.25) is 0 Å². The van der Waals surface area contributed by atoms with Crippen LogP contribution in [0.5, 0.6) is 0 Å². The Kier molecular flexibility index (Phi) is 7.92. The van der Waals surface area contributed by atoms with Crippen molar-refractivity contribution in [3.63, 3.8) is 0 Å². The molecule has 2 aromatic rings. The van der Waals surface area contributed by atoms with Gasteiger partial charge in [0.05, 0.1) is 6.04 Å². The summed E-state index contributed by atoms with van der Waals surface area (Å²) >= 11 is 0. The molecule has 176 valence electrons. The number of amides is 3. The average Bonchev–Trinajstić information content (AvgIpc) is 3.19. The van der Waals surface area contributed by atoms with E-state index in [1.54, 1.807) is 0 Å². The second-order valence-electron chi connectivity index (χ2n) is 9.08. The first-order valence-electron chi connectivity index (χ1n) is 11.0. The Hall–Kier alpha value is -3.55. The first-order chi connectivity index (χ1) is 15.7. The van der Waals surface area contributed by atoms with Gasteiger partial charge in [0.15, 0.2) is 0 Å². The van der Waals surface area contributed by atoms with Crippen molar-refractivity contribution in [2.45, 2.75) is 58.0 Å². The Morgan fingerprint density at radius 1 is 0.909 bits per heavy atom. The molecule has 0 saturated carbocycles. The first-order valence-corrected chi connectivity index (χ1v) is 11.0. The third-order valence-electron chi connectivity index (χ3n) is 5.06. The summed E-state index contributed by atoms with van der Waals surface area (Å²) < 4.78 is 10.9. The smallest absolute Gasteiger partial charge is 0.410 e. The van der Waals surface area contributed by atoms with Crippen LogP contribution >= 0.6 is 0 Å². The summed E-state index contributed by atoms with van der Waals surface area (Å²) in [5.41, 5.74) is 1.28. The third kappa shape index (κ3) is 7.52. The van der Waals surface area contributed by atoms with E-state index in [1.807, 2.05) is 81.4 Å². The minimum atomic E-state index is -0.850. The Labute approximate surface area is 194 Å². The lowest BCUT2D eigenvalue weighted by atomic mass is 10.1. The molecule has 2 N–H and O–H groups in total. The van der Waals surface area contributed by atoms with E-state index in [1.165, 1.54) is 4.90 Å². The maximum atomic E-state index is 12.9. The third-order valence-corrected chi connectivity index (χ3v) is 5.06. The summed E-state index contributed by atoms with van der Waals surface area (Å²) in [7, 11) is 0. The summed E-state index contributed by atoms with van der Waals surface area (Å²) in [5.74, 6) is -0.531. The van der Waals surface area contributed by atoms with Gasteiger partial charge in [0, 0.05) is 18.5 Å². The highest BCUT2D eigenvalue weighted by Gasteiger charge is 2.42. The van der Waals surface area contributed by atoms with Gasteiger partial charge >= 0.3 is 18.1 Å². The predicted molar refractivity (Wildman–Crippen MR) is 123 cm³/mol. The van der Waals surface area contributed by atoms with E-state index in [0.29, 0.717) is 0 Å². The molecule has 1 heterocycles. The Morgan fingerprint density at radius 2 is 1.45 bits per heavy atom. The molecular formula is C25H31N3O5. The van der Waals surface area contributed by atoms with Gasteiger partial charge in [0.25, 0.3) is 0 Å². The fourth-order valence-corrected chi connectivity index (χ4v) is 3.55. The number of carbonyl (C=O) groups is 3. The van der Waals surface area contributed by atoms with Crippen LogP contribution in [0.4, 0.5) is 9.59 Å². The molecule has 0 radical (unpaired) electrons. The number of urea groups is 1. The summed E-state index contributed by atoms with van der Waals surface area (Å²) in [5, 5.41) is 5.67. The van der Waals surface area contributed by atoms with E-state index in [9.17, 15) is 14.4 Å². The second-order valence-corrected chi connectivity index (χ2v) is 9.08. The van der Waals surface area contributed by atoms with Crippen LogP contribution in [-0.2, 0) is 27.5 Å². The molecule has 8 nitrogen and oxygen atoms in total. The zero-order chi connectivity index (χ0) is 23.8. The molecular weight excluding hydrogens is 422 g/mol. The van der Waals surface area contributed by atoms with Crippen molar-refractivity contribution >= 4 is 18.1 Å². The van der Waals surface area contributed by atoms with Crippen LogP contribution in [0.15, 0.2) is 60.7 Å². The van der Waals surface area contributed by atoms with Crippen molar-refractivity contribution in [3.8, 4) is 0 Å². The van der Waals surface area contributed by atoms with E-state index >= 15 is 0 Å². The number of ether oxygens (including phenoxy) is 2. The second kappa shape index (κ2) is 10.8. The molecule has 0 bridgehead atoms. The van der Waals surface area contributed by atoms with Crippen LogP contribution in [0.2, 0.25) is 0 Å². The standard InChI is InChI=1S/C25H31N3O5/c1-25(2,3)27-23(30)26-20-14-21(22(29)32-16-18-10-6-4-7-11-18)28(15-20)24(31)33-17-19-12-8-5-9-13-19/h4-13,20-21H,14-17H2,1-3H3,(H2,26,27,30)/t20-,21-/m0/s1. The Morgan fingerprint density at radius 3 is 2.00 bits per heavy atom. The van der Waals surface area contributed by atoms with Crippen molar-refractivity contribution in [1.82, 2.24) is 15.5 Å². The highest BCUT2D eigenvalue weighted by Crippen LogP contribution is 2.22. The van der Waals surface area contributed by atoms with Gasteiger partial charge in [-0.2, -0.15) is 0 Å². The molecule has 1 saturated heterocycles. The van der Waals surface area contributed by atoms with Crippen LogP contribution in [0.1, 0.15) is 38.3 Å². The van der Waals surface area contributed by atoms with Gasteiger partial charge in [-0.3, -0.25) is 4.90 Å². The van der Waals surface area contributed by atoms with Crippen LogP contribution < -0.4 is 10.6 Å². The number of hydrogen-bond acceptors (Lipinski definition) is 5. The summed E-state index contributed by atoms with van der Waals surface area (Å²) in [4.78, 5) is 39.4. The monoisotopic (exact) mass is 453 g/mol. The van der Waals surface area contributed by atoms with Crippen molar-refractivity contribution in [2.75, 3.05) is 6.54 Å². The Bertz CT molecular complexity index is 880. The summed E-state index contributed by atoms with van der Waals surface area (Å²) in [6.07, 6.45) is -0.382. The van der Waals surface area contributed by atoms with E-state index in [-0.39, 0.29) is 32.2 Å². The minimum Gasteiger partial charge on any atom is -0.459 e. The van der Waals surface area contributed by atoms with Gasteiger partial charge in [-0.1, -0.05) is 60.7 Å². The van der Waals surface area contributed by atoms with Crippen LogP contribution in [0.3, 0.4) is 0 Å². The quantitative estimate of drug-likeness (QED) is 0.652. The number of esters is 1. The number of nitrogens with one attached hydrogen (secondary N) is 2. The normalized spacial score (nSPS) is 17.8. The number of hydrogen-bond donors (Lipinski definition) is 2. The van der Waals surface area contributed by atoms with Gasteiger partial charge in [-0.25, -0.2) is 14.4 Å². The Balaban J connectivity index is 1.65. The van der Waals surface area contributed by atoms with Crippen molar-refractivity contribution < 1.29 is 23.9 Å². The van der Waals surface area contributed by atoms with E-state index in [0.717, 1.165) is 11.1 Å².